The van der Waals surface area contributed by atoms with Crippen molar-refractivity contribution in [3.8, 4) is 11.5 Å². The van der Waals surface area contributed by atoms with E-state index < -0.39 is 0 Å². The first-order valence-electron chi connectivity index (χ1n) is 7.81. The summed E-state index contributed by atoms with van der Waals surface area (Å²) >= 11 is 6.12. The van der Waals surface area contributed by atoms with Gasteiger partial charge in [-0.2, -0.15) is 10.1 Å². The van der Waals surface area contributed by atoms with Gasteiger partial charge in [0.05, 0.1) is 31.1 Å². The number of hydrogen-bond donors (Lipinski definition) is 2. The minimum atomic E-state index is 0.310. The minimum absolute atomic E-state index is 0.310. The number of nitrogens with zero attached hydrogens (tertiary/aromatic N) is 3. The second-order valence-electron chi connectivity index (χ2n) is 5.47. The highest BCUT2D eigenvalue weighted by atomic mass is 35.5. The van der Waals surface area contributed by atoms with Crippen molar-refractivity contribution in [1.82, 2.24) is 15.2 Å². The van der Waals surface area contributed by atoms with E-state index >= 15 is 0 Å². The van der Waals surface area contributed by atoms with Crippen LogP contribution < -0.4 is 20.1 Å². The Morgan fingerprint density at radius 3 is 2.38 bits per heavy atom. The molecule has 0 aliphatic rings. The van der Waals surface area contributed by atoms with E-state index in [0.717, 1.165) is 5.69 Å². The maximum Gasteiger partial charge on any atom is 0.249 e. The van der Waals surface area contributed by atoms with Crippen molar-refractivity contribution in [2.45, 2.75) is 6.92 Å². The van der Waals surface area contributed by atoms with Gasteiger partial charge in [-0.3, -0.25) is 0 Å². The molecule has 3 rings (SSSR count). The fraction of sp³-hybridized carbons (Fsp3) is 0.167. The molecule has 0 saturated heterocycles. The maximum atomic E-state index is 6.12. The van der Waals surface area contributed by atoms with Gasteiger partial charge in [-0.1, -0.05) is 29.3 Å². The van der Waals surface area contributed by atoms with Crippen molar-refractivity contribution in [3.63, 3.8) is 0 Å². The Hall–Kier alpha value is -3.06. The molecule has 7 nitrogen and oxygen atoms in total. The van der Waals surface area contributed by atoms with E-state index in [4.69, 9.17) is 21.1 Å². The Morgan fingerprint density at radius 1 is 0.962 bits per heavy atom. The molecule has 0 atom stereocenters. The number of benzene rings is 2. The third-order valence-corrected chi connectivity index (χ3v) is 3.90. The molecule has 2 aromatic carbocycles. The van der Waals surface area contributed by atoms with Gasteiger partial charge in [-0.25, -0.2) is 0 Å². The number of halogens is 1. The van der Waals surface area contributed by atoms with Gasteiger partial charge in [0.25, 0.3) is 0 Å². The Bertz CT molecular complexity index is 903. The summed E-state index contributed by atoms with van der Waals surface area (Å²) in [6.07, 6.45) is 1.55. The highest BCUT2D eigenvalue weighted by Crippen LogP contribution is 2.36. The van der Waals surface area contributed by atoms with E-state index in [1.165, 1.54) is 5.56 Å². The normalized spacial score (nSPS) is 10.3. The van der Waals surface area contributed by atoms with E-state index in [-0.39, 0.29) is 0 Å². The van der Waals surface area contributed by atoms with Crippen molar-refractivity contribution in [2.75, 3.05) is 24.9 Å². The molecule has 0 amide bonds. The molecule has 0 aliphatic carbocycles. The Morgan fingerprint density at radius 2 is 1.69 bits per heavy atom. The largest absolute Gasteiger partial charge is 0.495 e. The van der Waals surface area contributed by atoms with Gasteiger partial charge in [0.1, 0.15) is 11.5 Å². The van der Waals surface area contributed by atoms with E-state index in [2.05, 4.69) is 25.8 Å². The molecule has 2 N–H and O–H groups in total. The van der Waals surface area contributed by atoms with Crippen LogP contribution in [0, 0.1) is 6.92 Å². The first-order chi connectivity index (χ1) is 12.6. The second-order valence-corrected chi connectivity index (χ2v) is 5.88. The first kappa shape index (κ1) is 17.8. The van der Waals surface area contributed by atoms with Gasteiger partial charge >= 0.3 is 0 Å². The molecular formula is C18H18ClN5O2. The minimum Gasteiger partial charge on any atom is -0.495 e. The van der Waals surface area contributed by atoms with E-state index in [1.807, 2.05) is 31.2 Å². The second kappa shape index (κ2) is 7.88. The average Bonchev–Trinajstić information content (AvgIpc) is 2.65. The average molecular weight is 372 g/mol. The number of aromatic nitrogens is 3. The van der Waals surface area contributed by atoms with Crippen LogP contribution >= 0.6 is 11.6 Å². The van der Waals surface area contributed by atoms with Crippen LogP contribution in [-0.2, 0) is 0 Å². The van der Waals surface area contributed by atoms with Crippen molar-refractivity contribution < 1.29 is 9.47 Å². The lowest BCUT2D eigenvalue weighted by Crippen LogP contribution is -2.03. The summed E-state index contributed by atoms with van der Waals surface area (Å²) in [4.78, 5) is 4.41. The highest BCUT2D eigenvalue weighted by molar-refractivity contribution is 6.32. The third kappa shape index (κ3) is 4.12. The molecule has 26 heavy (non-hydrogen) atoms. The molecule has 1 aromatic heterocycles. The molecule has 0 spiro atoms. The van der Waals surface area contributed by atoms with Gasteiger partial charge in [0, 0.05) is 17.8 Å². The van der Waals surface area contributed by atoms with Crippen LogP contribution in [0.1, 0.15) is 5.56 Å². The van der Waals surface area contributed by atoms with E-state index in [1.54, 1.807) is 32.5 Å². The number of aryl methyl sites for hydroxylation is 1. The summed E-state index contributed by atoms with van der Waals surface area (Å²) in [7, 11) is 3.10. The van der Waals surface area contributed by atoms with Crippen molar-refractivity contribution in [1.29, 1.82) is 0 Å². The van der Waals surface area contributed by atoms with Crippen LogP contribution in [0.25, 0.3) is 0 Å². The molecule has 8 heteroatoms. The molecule has 134 valence electrons. The quantitative estimate of drug-likeness (QED) is 0.667. The van der Waals surface area contributed by atoms with Crippen LogP contribution in [0.15, 0.2) is 42.6 Å². The van der Waals surface area contributed by atoms with Crippen molar-refractivity contribution >= 4 is 34.7 Å². The van der Waals surface area contributed by atoms with Crippen LogP contribution in [0.5, 0.6) is 11.5 Å². The number of hydrogen-bond acceptors (Lipinski definition) is 7. The van der Waals surface area contributed by atoms with Gasteiger partial charge in [-0.15, -0.1) is 5.10 Å². The number of methoxy groups -OCH3 is 2. The number of ether oxygens (including phenoxy) is 2. The summed E-state index contributed by atoms with van der Waals surface area (Å²) < 4.78 is 10.6. The van der Waals surface area contributed by atoms with Gasteiger partial charge in [-0.05, 0) is 19.1 Å². The number of nitrogens with one attached hydrogen (secondary N) is 2. The third-order valence-electron chi connectivity index (χ3n) is 3.60. The molecule has 1 heterocycles. The predicted molar refractivity (Wildman–Crippen MR) is 102 cm³/mol. The summed E-state index contributed by atoms with van der Waals surface area (Å²) in [6, 6.07) is 11.3. The van der Waals surface area contributed by atoms with Crippen LogP contribution in [0.3, 0.4) is 0 Å². The van der Waals surface area contributed by atoms with E-state index in [9.17, 15) is 0 Å². The molecule has 0 fully saturated rings. The molecule has 0 aliphatic heterocycles. The fourth-order valence-electron chi connectivity index (χ4n) is 2.28. The predicted octanol–water partition coefficient (Wildman–Crippen LogP) is 4.34. The SMILES string of the molecule is COc1cc(Nc2nncc(Nc3ccc(C)cc3)n2)c(OC)cc1Cl. The zero-order chi connectivity index (χ0) is 18.5. The van der Waals surface area contributed by atoms with Crippen molar-refractivity contribution in [2.24, 2.45) is 0 Å². The molecule has 0 saturated carbocycles. The molecule has 0 bridgehead atoms. The topological polar surface area (TPSA) is 81.2 Å². The lowest BCUT2D eigenvalue weighted by atomic mass is 10.2. The smallest absolute Gasteiger partial charge is 0.249 e. The molecule has 3 aromatic rings. The number of anilines is 4. The van der Waals surface area contributed by atoms with Crippen molar-refractivity contribution in [3.05, 3.63) is 53.2 Å². The lowest BCUT2D eigenvalue weighted by molar-refractivity contribution is 0.405. The number of rotatable bonds is 6. The summed E-state index contributed by atoms with van der Waals surface area (Å²) in [5, 5.41) is 14.7. The fourth-order valence-corrected chi connectivity index (χ4v) is 2.51. The van der Waals surface area contributed by atoms with Crippen LogP contribution in [0.2, 0.25) is 5.02 Å². The summed E-state index contributed by atoms with van der Waals surface area (Å²) in [5.74, 6) is 1.92. The zero-order valence-electron chi connectivity index (χ0n) is 14.6. The lowest BCUT2D eigenvalue weighted by Gasteiger charge is -2.13. The molecular weight excluding hydrogens is 354 g/mol. The summed E-state index contributed by atoms with van der Waals surface area (Å²) in [5.41, 5.74) is 2.71. The Kier molecular flexibility index (Phi) is 5.38. The van der Waals surface area contributed by atoms with Crippen LogP contribution in [0.4, 0.5) is 23.1 Å². The highest BCUT2D eigenvalue weighted by Gasteiger charge is 2.12. The van der Waals surface area contributed by atoms with Gasteiger partial charge < -0.3 is 20.1 Å². The Balaban J connectivity index is 1.83. The monoisotopic (exact) mass is 371 g/mol. The standard InChI is InChI=1S/C18H18ClN5O2/c1-11-4-6-12(7-5-11)21-17-10-20-24-18(23-17)22-14-9-15(25-2)13(19)8-16(14)26-3/h4-10H,1-3H3,(H2,21,22,23,24). The van der Waals surface area contributed by atoms with Gasteiger partial charge in [0.2, 0.25) is 5.95 Å². The first-order valence-corrected chi connectivity index (χ1v) is 8.19. The van der Waals surface area contributed by atoms with Crippen LogP contribution in [-0.4, -0.2) is 29.4 Å². The maximum absolute atomic E-state index is 6.12. The Labute approximate surface area is 156 Å². The zero-order valence-corrected chi connectivity index (χ0v) is 15.3. The molecule has 0 radical (unpaired) electrons. The summed E-state index contributed by atoms with van der Waals surface area (Å²) in [6.45, 7) is 2.03. The van der Waals surface area contributed by atoms with Gasteiger partial charge in [0.15, 0.2) is 5.82 Å². The molecule has 0 unspecified atom stereocenters. The van der Waals surface area contributed by atoms with E-state index in [0.29, 0.717) is 34.0 Å².